The molecule has 1 aliphatic rings. The lowest BCUT2D eigenvalue weighted by atomic mass is 9.89. The number of aliphatic hydroxyl groups is 1. The maximum absolute atomic E-state index is 11.5. The average Bonchev–Trinajstić information content (AvgIpc) is 3.52. The summed E-state index contributed by atoms with van der Waals surface area (Å²) in [5.41, 5.74) is 5.32. The lowest BCUT2D eigenvalue weighted by Gasteiger charge is -2.24. The van der Waals surface area contributed by atoms with Crippen molar-refractivity contribution in [3.63, 3.8) is 0 Å². The van der Waals surface area contributed by atoms with E-state index in [1.54, 1.807) is 23.7 Å². The van der Waals surface area contributed by atoms with Gasteiger partial charge in [-0.05, 0) is 36.1 Å². The van der Waals surface area contributed by atoms with Crippen LogP contribution in [0.4, 0.5) is 0 Å². The van der Waals surface area contributed by atoms with Crippen LogP contribution in [0.15, 0.2) is 66.7 Å². The molecule has 4 aromatic heterocycles. The zero-order valence-corrected chi connectivity index (χ0v) is 16.7. The summed E-state index contributed by atoms with van der Waals surface area (Å²) in [6.07, 6.45) is 8.46. The number of nitrogens with one attached hydrogen (secondary N) is 1. The van der Waals surface area contributed by atoms with Crippen molar-refractivity contribution < 1.29 is 5.11 Å². The quantitative estimate of drug-likeness (QED) is 0.461. The van der Waals surface area contributed by atoms with Crippen LogP contribution < -0.4 is 0 Å². The molecule has 146 valence electrons. The highest BCUT2D eigenvalue weighted by Crippen LogP contribution is 2.42. The third-order valence-corrected chi connectivity index (χ3v) is 6.64. The minimum Gasteiger partial charge on any atom is -0.379 e. The molecule has 0 amide bonds. The molecule has 0 saturated heterocycles. The number of H-pyrrole nitrogens is 1. The van der Waals surface area contributed by atoms with Crippen molar-refractivity contribution in [2.45, 2.75) is 18.4 Å². The topological polar surface area (TPSA) is 87.6 Å². The highest BCUT2D eigenvalue weighted by molar-refractivity contribution is 7.13. The van der Waals surface area contributed by atoms with Crippen molar-refractivity contribution >= 4 is 22.4 Å². The Bertz CT molecular complexity index is 1390. The van der Waals surface area contributed by atoms with Crippen LogP contribution in [0.1, 0.15) is 23.2 Å². The van der Waals surface area contributed by atoms with Crippen molar-refractivity contribution in [2.24, 2.45) is 0 Å². The number of thiazole rings is 1. The third kappa shape index (κ3) is 2.59. The van der Waals surface area contributed by atoms with Gasteiger partial charge in [0.25, 0.3) is 0 Å². The number of hydrogen-bond acceptors (Lipinski definition) is 6. The summed E-state index contributed by atoms with van der Waals surface area (Å²) in [6.45, 7) is 0. The number of aryl methyl sites for hydroxylation is 1. The number of aromatic nitrogens is 5. The van der Waals surface area contributed by atoms with E-state index in [9.17, 15) is 5.11 Å². The number of hydrogen-bond donors (Lipinski definition) is 2. The van der Waals surface area contributed by atoms with Gasteiger partial charge in [0.1, 0.15) is 22.6 Å². The molecule has 1 aromatic carbocycles. The molecule has 1 atom stereocenters. The SMILES string of the molecule is O[C@@]1(c2cccc(-c3csc(-c4c[nH]c5ncncc45)n3)c2)CCc2cccnc21. The first kappa shape index (κ1) is 17.4. The molecule has 0 saturated carbocycles. The fraction of sp³-hybridized carbons (Fsp3) is 0.130. The molecule has 0 spiro atoms. The van der Waals surface area contributed by atoms with E-state index < -0.39 is 5.60 Å². The van der Waals surface area contributed by atoms with Gasteiger partial charge in [-0.1, -0.05) is 24.3 Å². The van der Waals surface area contributed by atoms with E-state index in [-0.39, 0.29) is 0 Å². The molecule has 2 N–H and O–H groups in total. The molecular weight excluding hydrogens is 394 g/mol. The van der Waals surface area contributed by atoms with E-state index in [2.05, 4.69) is 19.9 Å². The molecule has 0 radical (unpaired) electrons. The van der Waals surface area contributed by atoms with Crippen LogP contribution in [0.25, 0.3) is 32.9 Å². The van der Waals surface area contributed by atoms with Crippen LogP contribution >= 0.6 is 11.3 Å². The second-order valence-electron chi connectivity index (χ2n) is 7.48. The van der Waals surface area contributed by atoms with Gasteiger partial charge in [0.15, 0.2) is 0 Å². The zero-order valence-electron chi connectivity index (χ0n) is 15.9. The van der Waals surface area contributed by atoms with Crippen LogP contribution in [0.5, 0.6) is 0 Å². The molecule has 5 aromatic rings. The van der Waals surface area contributed by atoms with E-state index in [0.29, 0.717) is 6.42 Å². The Hall–Kier alpha value is -3.42. The maximum Gasteiger partial charge on any atom is 0.141 e. The van der Waals surface area contributed by atoms with Gasteiger partial charge in [-0.25, -0.2) is 15.0 Å². The highest BCUT2D eigenvalue weighted by atomic mass is 32.1. The predicted molar refractivity (Wildman–Crippen MR) is 116 cm³/mol. The van der Waals surface area contributed by atoms with Crippen molar-refractivity contribution in [2.75, 3.05) is 0 Å². The maximum atomic E-state index is 11.5. The Morgan fingerprint density at radius 1 is 1.13 bits per heavy atom. The summed E-state index contributed by atoms with van der Waals surface area (Å²) in [4.78, 5) is 20.9. The predicted octanol–water partition coefficient (Wildman–Crippen LogP) is 4.33. The monoisotopic (exact) mass is 411 g/mol. The summed E-state index contributed by atoms with van der Waals surface area (Å²) in [5, 5.41) is 15.4. The van der Waals surface area contributed by atoms with Gasteiger partial charge in [0.05, 0.1) is 11.4 Å². The molecule has 6 rings (SSSR count). The minimum atomic E-state index is -1.06. The number of benzene rings is 1. The number of nitrogens with zero attached hydrogens (tertiary/aromatic N) is 4. The van der Waals surface area contributed by atoms with E-state index in [1.165, 1.54) is 6.33 Å². The Kier molecular flexibility index (Phi) is 3.81. The summed E-state index contributed by atoms with van der Waals surface area (Å²) in [6, 6.07) is 12.0. The summed E-state index contributed by atoms with van der Waals surface area (Å²) >= 11 is 1.58. The van der Waals surface area contributed by atoms with E-state index in [0.717, 1.165) is 56.1 Å². The fourth-order valence-electron chi connectivity index (χ4n) is 4.23. The average molecular weight is 411 g/mol. The Balaban J connectivity index is 1.40. The van der Waals surface area contributed by atoms with Crippen molar-refractivity contribution in [3.8, 4) is 21.8 Å². The van der Waals surface area contributed by atoms with Crippen molar-refractivity contribution in [1.29, 1.82) is 0 Å². The van der Waals surface area contributed by atoms with Crippen LogP contribution in [-0.2, 0) is 12.0 Å². The fourth-order valence-corrected chi connectivity index (χ4v) is 5.09. The smallest absolute Gasteiger partial charge is 0.141 e. The standard InChI is InChI=1S/C23H17N5OS/c29-23(7-6-14-4-2-8-25-20(14)23)16-5-1-3-15(9-16)19-12-30-22(28-19)18-11-26-21-17(18)10-24-13-27-21/h1-5,8-13,29H,6-7H2,(H,24,26,27)/t23-/m1/s1. The molecular formula is C23H17N5OS. The molecule has 0 aliphatic heterocycles. The summed E-state index contributed by atoms with van der Waals surface area (Å²) in [5.74, 6) is 0. The first-order valence-corrected chi connectivity index (χ1v) is 10.6. The molecule has 6 nitrogen and oxygen atoms in total. The minimum absolute atomic E-state index is 0.639. The van der Waals surface area contributed by atoms with Crippen LogP contribution in [-0.4, -0.2) is 30.0 Å². The molecule has 1 aliphatic carbocycles. The molecule has 30 heavy (non-hydrogen) atoms. The van der Waals surface area contributed by atoms with E-state index in [4.69, 9.17) is 4.98 Å². The van der Waals surface area contributed by atoms with Gasteiger partial charge in [-0.15, -0.1) is 11.3 Å². The Morgan fingerprint density at radius 3 is 3.07 bits per heavy atom. The van der Waals surface area contributed by atoms with Gasteiger partial charge in [0, 0.05) is 40.5 Å². The molecule has 4 heterocycles. The van der Waals surface area contributed by atoms with Crippen LogP contribution in [0.3, 0.4) is 0 Å². The van der Waals surface area contributed by atoms with Crippen molar-refractivity contribution in [1.82, 2.24) is 24.9 Å². The van der Waals surface area contributed by atoms with Crippen LogP contribution in [0, 0.1) is 0 Å². The summed E-state index contributed by atoms with van der Waals surface area (Å²) in [7, 11) is 0. The van der Waals surface area contributed by atoms with Gasteiger partial charge in [-0.2, -0.15) is 0 Å². The molecule has 0 fully saturated rings. The lowest BCUT2D eigenvalue weighted by Crippen LogP contribution is -2.25. The third-order valence-electron chi connectivity index (χ3n) is 5.77. The zero-order chi connectivity index (χ0) is 20.1. The van der Waals surface area contributed by atoms with Gasteiger partial charge < -0.3 is 10.1 Å². The number of rotatable bonds is 3. The number of aromatic amines is 1. The second-order valence-corrected chi connectivity index (χ2v) is 8.34. The first-order chi connectivity index (χ1) is 14.7. The van der Waals surface area contributed by atoms with Crippen molar-refractivity contribution in [3.05, 3.63) is 83.5 Å². The molecule has 7 heteroatoms. The number of fused-ring (bicyclic) bond motifs is 2. The Morgan fingerprint density at radius 2 is 2.10 bits per heavy atom. The van der Waals surface area contributed by atoms with Gasteiger partial charge in [0.2, 0.25) is 0 Å². The Labute approximate surface area is 176 Å². The normalized spacial score (nSPS) is 18.0. The lowest BCUT2D eigenvalue weighted by molar-refractivity contribution is 0.0788. The first-order valence-electron chi connectivity index (χ1n) is 9.73. The summed E-state index contributed by atoms with van der Waals surface area (Å²) < 4.78 is 0. The molecule has 0 unspecified atom stereocenters. The highest BCUT2D eigenvalue weighted by Gasteiger charge is 2.39. The molecule has 0 bridgehead atoms. The van der Waals surface area contributed by atoms with E-state index in [1.807, 2.05) is 48.0 Å². The van der Waals surface area contributed by atoms with Crippen LogP contribution in [0.2, 0.25) is 0 Å². The van der Waals surface area contributed by atoms with E-state index >= 15 is 0 Å². The second kappa shape index (κ2) is 6.55. The van der Waals surface area contributed by atoms with Gasteiger partial charge in [-0.3, -0.25) is 4.98 Å². The largest absolute Gasteiger partial charge is 0.379 e. The number of pyridine rings is 1. The van der Waals surface area contributed by atoms with Gasteiger partial charge >= 0.3 is 0 Å².